The number of benzene rings is 9. The minimum Gasteiger partial charge on any atom is -0.311 e. The van der Waals surface area contributed by atoms with Crippen molar-refractivity contribution in [3.8, 4) is 55.6 Å². The second-order valence-electron chi connectivity index (χ2n) is 13.3. The number of nitrogens with zero attached hydrogens (tertiary/aromatic N) is 1. The number of anilines is 3. The van der Waals surface area contributed by atoms with Crippen molar-refractivity contribution in [1.29, 1.82) is 0 Å². The van der Waals surface area contributed by atoms with Crippen LogP contribution in [0.1, 0.15) is 0 Å². The standard InChI is InChI=1S/C50H33N/c1-4-14-34(15-5-1)46-32-37-16-10-11-17-38(37)33-47(46)43-31-30-42(49-44-24-12-18-36-19-13-25-45(48(36)44)50(43)49)35-26-28-41(29-27-35)51(39-20-6-2-7-21-39)40-22-8-3-9-23-40/h1-33H. The summed E-state index contributed by atoms with van der Waals surface area (Å²) in [5.41, 5.74) is 16.1. The van der Waals surface area contributed by atoms with Crippen LogP contribution >= 0.6 is 0 Å². The normalized spacial score (nSPS) is 11.5. The molecule has 0 atom stereocenters. The summed E-state index contributed by atoms with van der Waals surface area (Å²) in [5.74, 6) is 0. The van der Waals surface area contributed by atoms with Crippen molar-refractivity contribution in [2.45, 2.75) is 0 Å². The number of hydrogen-bond donors (Lipinski definition) is 0. The third kappa shape index (κ3) is 4.86. The highest BCUT2D eigenvalue weighted by atomic mass is 15.1. The van der Waals surface area contributed by atoms with Crippen LogP contribution in [0.3, 0.4) is 0 Å². The van der Waals surface area contributed by atoms with Crippen LogP contribution in [0.4, 0.5) is 17.1 Å². The average molecular weight is 648 g/mol. The molecule has 0 fully saturated rings. The Morgan fingerprint density at radius 1 is 0.255 bits per heavy atom. The van der Waals surface area contributed by atoms with E-state index in [0.29, 0.717) is 0 Å². The summed E-state index contributed by atoms with van der Waals surface area (Å²) in [4.78, 5) is 2.32. The third-order valence-electron chi connectivity index (χ3n) is 10.4. The van der Waals surface area contributed by atoms with Crippen LogP contribution in [-0.2, 0) is 0 Å². The lowest BCUT2D eigenvalue weighted by atomic mass is 9.84. The van der Waals surface area contributed by atoms with E-state index in [4.69, 9.17) is 0 Å². The van der Waals surface area contributed by atoms with Crippen LogP contribution in [0.25, 0.3) is 77.2 Å². The minimum absolute atomic E-state index is 1.12. The molecule has 1 aliphatic carbocycles. The Morgan fingerprint density at radius 3 is 1.31 bits per heavy atom. The topological polar surface area (TPSA) is 3.24 Å². The molecular formula is C50H33N. The zero-order valence-corrected chi connectivity index (χ0v) is 28.0. The van der Waals surface area contributed by atoms with Gasteiger partial charge in [-0.1, -0.05) is 152 Å². The van der Waals surface area contributed by atoms with Crippen molar-refractivity contribution in [1.82, 2.24) is 0 Å². The highest BCUT2D eigenvalue weighted by Gasteiger charge is 2.28. The molecule has 238 valence electrons. The largest absolute Gasteiger partial charge is 0.311 e. The Labute approximate surface area is 298 Å². The predicted octanol–water partition coefficient (Wildman–Crippen LogP) is 14.1. The Hall–Kier alpha value is -6.70. The lowest BCUT2D eigenvalue weighted by molar-refractivity contribution is 1.28. The van der Waals surface area contributed by atoms with Crippen molar-refractivity contribution in [3.05, 3.63) is 200 Å². The van der Waals surface area contributed by atoms with Crippen LogP contribution in [0.15, 0.2) is 200 Å². The summed E-state index contributed by atoms with van der Waals surface area (Å²) in [6, 6.07) is 72.9. The summed E-state index contributed by atoms with van der Waals surface area (Å²) in [5, 5.41) is 5.10. The Balaban J connectivity index is 1.19. The second kappa shape index (κ2) is 12.0. The Kier molecular flexibility index (Phi) is 6.89. The number of para-hydroxylation sites is 2. The van der Waals surface area contributed by atoms with Crippen molar-refractivity contribution in [2.24, 2.45) is 0 Å². The van der Waals surface area contributed by atoms with Crippen LogP contribution in [0.5, 0.6) is 0 Å². The van der Waals surface area contributed by atoms with Gasteiger partial charge in [0.15, 0.2) is 0 Å². The molecule has 1 nitrogen and oxygen atoms in total. The zero-order valence-electron chi connectivity index (χ0n) is 28.0. The first-order valence-electron chi connectivity index (χ1n) is 17.6. The summed E-state index contributed by atoms with van der Waals surface area (Å²) in [7, 11) is 0. The Morgan fingerprint density at radius 2 is 0.706 bits per heavy atom. The molecule has 0 heterocycles. The van der Waals surface area contributed by atoms with Gasteiger partial charge in [0.2, 0.25) is 0 Å². The molecule has 0 N–H and O–H groups in total. The summed E-state index contributed by atoms with van der Waals surface area (Å²) in [6.07, 6.45) is 0. The van der Waals surface area contributed by atoms with Gasteiger partial charge in [0.05, 0.1) is 0 Å². The molecule has 0 amide bonds. The van der Waals surface area contributed by atoms with Gasteiger partial charge in [-0.3, -0.25) is 0 Å². The van der Waals surface area contributed by atoms with E-state index in [1.54, 1.807) is 0 Å². The van der Waals surface area contributed by atoms with E-state index in [1.165, 1.54) is 77.2 Å². The van der Waals surface area contributed by atoms with Gasteiger partial charge in [0.25, 0.3) is 0 Å². The van der Waals surface area contributed by atoms with E-state index >= 15 is 0 Å². The first-order chi connectivity index (χ1) is 25.3. The maximum Gasteiger partial charge on any atom is 0.0462 e. The van der Waals surface area contributed by atoms with Crippen LogP contribution < -0.4 is 4.90 Å². The molecule has 1 aliphatic rings. The van der Waals surface area contributed by atoms with Gasteiger partial charge in [-0.05, 0) is 126 Å². The molecule has 0 saturated heterocycles. The SMILES string of the molecule is c1ccc(-c2cc3ccccc3cc2-c2ccc(-c3ccc(N(c4ccccc4)c4ccccc4)cc3)c3c2-c2cccc4cccc-3c24)cc1. The number of hydrogen-bond acceptors (Lipinski definition) is 1. The van der Waals surface area contributed by atoms with E-state index in [1.807, 2.05) is 0 Å². The van der Waals surface area contributed by atoms with E-state index < -0.39 is 0 Å². The molecule has 0 aromatic heterocycles. The molecule has 10 rings (SSSR count). The van der Waals surface area contributed by atoms with Gasteiger partial charge in [-0.2, -0.15) is 0 Å². The van der Waals surface area contributed by atoms with Gasteiger partial charge in [-0.15, -0.1) is 0 Å². The molecular weight excluding hydrogens is 615 g/mol. The quantitative estimate of drug-likeness (QED) is 0.174. The lowest BCUT2D eigenvalue weighted by Gasteiger charge is -2.25. The third-order valence-corrected chi connectivity index (χ3v) is 10.4. The van der Waals surface area contributed by atoms with E-state index in [2.05, 4.69) is 205 Å². The highest BCUT2D eigenvalue weighted by molar-refractivity contribution is 6.21. The smallest absolute Gasteiger partial charge is 0.0462 e. The van der Waals surface area contributed by atoms with Crippen LogP contribution in [-0.4, -0.2) is 0 Å². The number of fused-ring (bicyclic) bond motifs is 4. The van der Waals surface area contributed by atoms with Gasteiger partial charge < -0.3 is 4.90 Å². The van der Waals surface area contributed by atoms with Crippen molar-refractivity contribution in [2.75, 3.05) is 4.90 Å². The van der Waals surface area contributed by atoms with E-state index in [9.17, 15) is 0 Å². The van der Waals surface area contributed by atoms with Gasteiger partial charge >= 0.3 is 0 Å². The maximum absolute atomic E-state index is 2.40. The molecule has 0 radical (unpaired) electrons. The van der Waals surface area contributed by atoms with Gasteiger partial charge in [-0.25, -0.2) is 0 Å². The number of rotatable bonds is 6. The summed E-state index contributed by atoms with van der Waals surface area (Å²) in [6.45, 7) is 0. The minimum atomic E-state index is 1.12. The first-order valence-corrected chi connectivity index (χ1v) is 17.6. The molecule has 9 aromatic carbocycles. The molecule has 0 spiro atoms. The summed E-state index contributed by atoms with van der Waals surface area (Å²) < 4.78 is 0. The molecule has 51 heavy (non-hydrogen) atoms. The molecule has 1 heteroatoms. The highest BCUT2D eigenvalue weighted by Crippen LogP contribution is 2.55. The molecule has 9 aromatic rings. The average Bonchev–Trinajstić information content (AvgIpc) is 3.55. The lowest BCUT2D eigenvalue weighted by Crippen LogP contribution is -2.09. The predicted molar refractivity (Wildman–Crippen MR) is 217 cm³/mol. The monoisotopic (exact) mass is 647 g/mol. The molecule has 0 saturated carbocycles. The molecule has 0 aliphatic heterocycles. The fourth-order valence-electron chi connectivity index (χ4n) is 8.10. The van der Waals surface area contributed by atoms with Crippen LogP contribution in [0, 0.1) is 0 Å². The fraction of sp³-hybridized carbons (Fsp3) is 0. The fourth-order valence-corrected chi connectivity index (χ4v) is 8.10. The maximum atomic E-state index is 2.40. The van der Waals surface area contributed by atoms with Crippen LogP contribution in [0.2, 0.25) is 0 Å². The van der Waals surface area contributed by atoms with E-state index in [-0.39, 0.29) is 0 Å². The second-order valence-corrected chi connectivity index (χ2v) is 13.3. The van der Waals surface area contributed by atoms with Crippen molar-refractivity contribution in [3.63, 3.8) is 0 Å². The first kappa shape index (κ1) is 29.2. The molecule has 0 bridgehead atoms. The van der Waals surface area contributed by atoms with E-state index in [0.717, 1.165) is 17.1 Å². The Bertz CT molecular complexity index is 2670. The van der Waals surface area contributed by atoms with Crippen molar-refractivity contribution < 1.29 is 0 Å². The zero-order chi connectivity index (χ0) is 33.7. The van der Waals surface area contributed by atoms with Gasteiger partial charge in [0, 0.05) is 17.1 Å². The summed E-state index contributed by atoms with van der Waals surface area (Å²) >= 11 is 0. The molecule has 0 unspecified atom stereocenters. The van der Waals surface area contributed by atoms with Gasteiger partial charge in [0.1, 0.15) is 0 Å². The van der Waals surface area contributed by atoms with Crippen molar-refractivity contribution >= 4 is 38.6 Å².